The van der Waals surface area contributed by atoms with Crippen molar-refractivity contribution in [3.63, 3.8) is 0 Å². The van der Waals surface area contributed by atoms with Crippen molar-refractivity contribution >= 4 is 39.6 Å². The Bertz CT molecular complexity index is 815. The predicted octanol–water partition coefficient (Wildman–Crippen LogP) is 4.12. The lowest BCUT2D eigenvalue weighted by Crippen LogP contribution is -2.09. The van der Waals surface area contributed by atoms with Gasteiger partial charge in [0.1, 0.15) is 5.75 Å². The van der Waals surface area contributed by atoms with Gasteiger partial charge in [0.2, 0.25) is 5.91 Å². The highest BCUT2D eigenvalue weighted by Crippen LogP contribution is 2.24. The monoisotopic (exact) mass is 389 g/mol. The van der Waals surface area contributed by atoms with E-state index >= 15 is 0 Å². The molecule has 6 heteroatoms. The van der Waals surface area contributed by atoms with Gasteiger partial charge in [-0.1, -0.05) is 15.9 Å². The Morgan fingerprint density at radius 1 is 1.21 bits per heavy atom. The summed E-state index contributed by atoms with van der Waals surface area (Å²) in [6, 6.07) is 10.0. The highest BCUT2D eigenvalue weighted by atomic mass is 79.9. The summed E-state index contributed by atoms with van der Waals surface area (Å²) in [6.07, 6.45) is 3.05. The van der Waals surface area contributed by atoms with E-state index in [9.17, 15) is 9.59 Å². The summed E-state index contributed by atoms with van der Waals surface area (Å²) < 4.78 is 6.12. The largest absolute Gasteiger partial charge is 0.496 e. The minimum Gasteiger partial charge on any atom is -0.496 e. The molecule has 0 aromatic heterocycles. The summed E-state index contributed by atoms with van der Waals surface area (Å²) in [5.41, 5.74) is 2.19. The Hall–Kier alpha value is -2.60. The van der Waals surface area contributed by atoms with E-state index in [1.54, 1.807) is 32.2 Å². The van der Waals surface area contributed by atoms with E-state index in [4.69, 9.17) is 9.84 Å². The SMILES string of the molecule is COc1ccc(Br)cc1/C=C/C(=O)Nc1ccc(C(=O)O)cc1C. The molecule has 0 aliphatic heterocycles. The highest BCUT2D eigenvalue weighted by Gasteiger charge is 2.07. The fourth-order valence-electron chi connectivity index (χ4n) is 2.11. The first-order valence-corrected chi connectivity index (χ1v) is 7.86. The molecule has 0 saturated heterocycles. The van der Waals surface area contributed by atoms with Gasteiger partial charge in [-0.2, -0.15) is 0 Å². The zero-order valence-electron chi connectivity index (χ0n) is 13.2. The number of hydrogen-bond acceptors (Lipinski definition) is 3. The lowest BCUT2D eigenvalue weighted by molar-refractivity contribution is -0.111. The second-order valence-corrected chi connectivity index (χ2v) is 5.96. The van der Waals surface area contributed by atoms with E-state index in [0.29, 0.717) is 17.0 Å². The second-order valence-electron chi connectivity index (χ2n) is 5.04. The number of carboxylic acids is 1. The standard InChI is InChI=1S/C18H16BrNO4/c1-11-9-13(18(22)23)3-6-15(11)20-17(21)8-4-12-10-14(19)5-7-16(12)24-2/h3-10H,1-2H3,(H,20,21)(H,22,23)/b8-4+. The summed E-state index contributed by atoms with van der Waals surface area (Å²) in [4.78, 5) is 23.0. The van der Waals surface area contributed by atoms with Crippen LogP contribution in [0.5, 0.6) is 5.75 Å². The molecule has 2 aromatic carbocycles. The number of halogens is 1. The van der Waals surface area contributed by atoms with Crippen LogP contribution in [0.2, 0.25) is 0 Å². The van der Waals surface area contributed by atoms with E-state index in [0.717, 1.165) is 10.0 Å². The van der Waals surface area contributed by atoms with Crippen molar-refractivity contribution in [1.29, 1.82) is 0 Å². The van der Waals surface area contributed by atoms with Gasteiger partial charge in [-0.15, -0.1) is 0 Å². The zero-order valence-corrected chi connectivity index (χ0v) is 14.8. The molecule has 0 aliphatic rings. The number of methoxy groups -OCH3 is 1. The first kappa shape index (κ1) is 17.7. The third kappa shape index (κ3) is 4.45. The number of rotatable bonds is 5. The number of carbonyl (C=O) groups is 2. The highest BCUT2D eigenvalue weighted by molar-refractivity contribution is 9.10. The smallest absolute Gasteiger partial charge is 0.335 e. The Labute approximate surface area is 148 Å². The van der Waals surface area contributed by atoms with E-state index in [1.165, 1.54) is 18.2 Å². The maximum absolute atomic E-state index is 12.1. The van der Waals surface area contributed by atoms with Crippen LogP contribution in [0.1, 0.15) is 21.5 Å². The molecule has 24 heavy (non-hydrogen) atoms. The number of aromatic carboxylic acids is 1. The second kappa shape index (κ2) is 7.79. The first-order chi connectivity index (χ1) is 11.4. The molecule has 5 nitrogen and oxygen atoms in total. The molecule has 0 saturated carbocycles. The predicted molar refractivity (Wildman–Crippen MR) is 96.5 cm³/mol. The summed E-state index contributed by atoms with van der Waals surface area (Å²) in [5.74, 6) is -0.662. The molecule has 0 unspecified atom stereocenters. The minimum atomic E-state index is -1.00. The van der Waals surface area contributed by atoms with E-state index in [-0.39, 0.29) is 11.5 Å². The summed E-state index contributed by atoms with van der Waals surface area (Å²) in [6.45, 7) is 1.74. The van der Waals surface area contributed by atoms with Crippen molar-refractivity contribution < 1.29 is 19.4 Å². The number of carbonyl (C=O) groups excluding carboxylic acids is 1. The van der Waals surface area contributed by atoms with Crippen LogP contribution >= 0.6 is 15.9 Å². The van der Waals surface area contributed by atoms with Crippen LogP contribution in [0, 0.1) is 6.92 Å². The number of carboxylic acid groups (broad SMARTS) is 1. The molecule has 0 heterocycles. The molecule has 0 atom stereocenters. The fourth-order valence-corrected chi connectivity index (χ4v) is 2.49. The molecule has 2 rings (SSSR count). The van der Waals surface area contributed by atoms with Crippen molar-refractivity contribution in [1.82, 2.24) is 0 Å². The summed E-state index contributed by atoms with van der Waals surface area (Å²) in [5, 5.41) is 11.7. The van der Waals surface area contributed by atoms with Crippen molar-refractivity contribution in [2.45, 2.75) is 6.92 Å². The average Bonchev–Trinajstić information content (AvgIpc) is 2.54. The van der Waals surface area contributed by atoms with Gasteiger partial charge in [-0.05, 0) is 55.0 Å². The minimum absolute atomic E-state index is 0.180. The first-order valence-electron chi connectivity index (χ1n) is 7.07. The zero-order chi connectivity index (χ0) is 17.7. The number of hydrogen-bond donors (Lipinski definition) is 2. The van der Waals surface area contributed by atoms with Crippen molar-refractivity contribution in [3.8, 4) is 5.75 Å². The molecule has 0 fully saturated rings. The molecule has 0 bridgehead atoms. The lowest BCUT2D eigenvalue weighted by Gasteiger charge is -2.08. The maximum atomic E-state index is 12.1. The van der Waals surface area contributed by atoms with Crippen LogP contribution in [0.15, 0.2) is 46.9 Å². The van der Waals surface area contributed by atoms with Gasteiger partial charge in [0.15, 0.2) is 0 Å². The molecule has 1 amide bonds. The molecule has 2 aromatic rings. The van der Waals surface area contributed by atoms with Gasteiger partial charge in [-0.25, -0.2) is 4.79 Å². The van der Waals surface area contributed by atoms with Crippen molar-refractivity contribution in [2.24, 2.45) is 0 Å². The molecule has 124 valence electrons. The van der Waals surface area contributed by atoms with Crippen molar-refractivity contribution in [2.75, 3.05) is 12.4 Å². The number of nitrogens with one attached hydrogen (secondary N) is 1. The van der Waals surface area contributed by atoms with Gasteiger partial charge in [0, 0.05) is 21.8 Å². The third-order valence-corrected chi connectivity index (χ3v) is 3.83. The fraction of sp³-hybridized carbons (Fsp3) is 0.111. The third-order valence-electron chi connectivity index (χ3n) is 3.34. The molecular weight excluding hydrogens is 374 g/mol. The van der Waals surface area contributed by atoms with Crippen LogP contribution < -0.4 is 10.1 Å². The molecular formula is C18H16BrNO4. The van der Waals surface area contributed by atoms with Crippen LogP contribution in [-0.2, 0) is 4.79 Å². The average molecular weight is 390 g/mol. The Morgan fingerprint density at radius 2 is 1.96 bits per heavy atom. The number of ether oxygens (including phenoxy) is 1. The summed E-state index contributed by atoms with van der Waals surface area (Å²) in [7, 11) is 1.56. The number of anilines is 1. The van der Waals surface area contributed by atoms with Gasteiger partial charge >= 0.3 is 5.97 Å². The van der Waals surface area contributed by atoms with Gasteiger partial charge in [0.25, 0.3) is 0 Å². The van der Waals surface area contributed by atoms with Crippen molar-refractivity contribution in [3.05, 3.63) is 63.6 Å². The van der Waals surface area contributed by atoms with Crippen LogP contribution in [0.25, 0.3) is 6.08 Å². The normalized spacial score (nSPS) is 10.6. The number of amides is 1. The summed E-state index contributed by atoms with van der Waals surface area (Å²) >= 11 is 3.38. The number of aryl methyl sites for hydroxylation is 1. The molecule has 0 aliphatic carbocycles. The van der Waals surface area contributed by atoms with Gasteiger partial charge in [-0.3, -0.25) is 4.79 Å². The van der Waals surface area contributed by atoms with E-state index < -0.39 is 5.97 Å². The molecule has 0 radical (unpaired) electrons. The topological polar surface area (TPSA) is 75.6 Å². The van der Waals surface area contributed by atoms with E-state index in [2.05, 4.69) is 21.2 Å². The van der Waals surface area contributed by atoms with Gasteiger partial charge < -0.3 is 15.2 Å². The molecule has 2 N–H and O–H groups in total. The van der Waals surface area contributed by atoms with Gasteiger partial charge in [0.05, 0.1) is 12.7 Å². The lowest BCUT2D eigenvalue weighted by atomic mass is 10.1. The van der Waals surface area contributed by atoms with Crippen LogP contribution in [-0.4, -0.2) is 24.1 Å². The molecule has 0 spiro atoms. The quantitative estimate of drug-likeness (QED) is 0.754. The maximum Gasteiger partial charge on any atom is 0.335 e. The Morgan fingerprint density at radius 3 is 2.58 bits per heavy atom. The van der Waals surface area contributed by atoms with Crippen LogP contribution in [0.4, 0.5) is 5.69 Å². The van der Waals surface area contributed by atoms with E-state index in [1.807, 2.05) is 12.1 Å². The Balaban J connectivity index is 2.14. The van der Waals surface area contributed by atoms with Crippen LogP contribution in [0.3, 0.4) is 0 Å². The Kier molecular flexibility index (Phi) is 5.76. The number of benzene rings is 2.